The van der Waals surface area contributed by atoms with Gasteiger partial charge in [-0.05, 0) is 79.4 Å². The lowest BCUT2D eigenvalue weighted by Crippen LogP contribution is -2.20. The number of anilines is 1. The number of nitrogens with one attached hydrogen (secondary N) is 1. The van der Waals surface area contributed by atoms with E-state index in [4.69, 9.17) is 27.9 Å². The molecule has 30 heavy (non-hydrogen) atoms. The van der Waals surface area contributed by atoms with Crippen LogP contribution < -0.4 is 10.1 Å². The summed E-state index contributed by atoms with van der Waals surface area (Å²) < 4.78 is 5.56. The Labute approximate surface area is 186 Å². The van der Waals surface area contributed by atoms with Crippen LogP contribution in [-0.4, -0.2) is 18.7 Å². The number of hydrogen-bond donors (Lipinski definition) is 1. The second kappa shape index (κ2) is 9.79. The van der Waals surface area contributed by atoms with Crippen molar-refractivity contribution in [2.24, 2.45) is 4.99 Å². The molecule has 4 nitrogen and oxygen atoms in total. The highest BCUT2D eigenvalue weighted by atomic mass is 35.5. The van der Waals surface area contributed by atoms with Gasteiger partial charge in [-0.2, -0.15) is 0 Å². The molecule has 0 spiro atoms. The van der Waals surface area contributed by atoms with E-state index in [-0.39, 0.29) is 12.5 Å². The molecule has 154 valence electrons. The lowest BCUT2D eigenvalue weighted by atomic mass is 10.1. The molecule has 6 heteroatoms. The minimum atomic E-state index is -0.299. The predicted octanol–water partition coefficient (Wildman–Crippen LogP) is 6.69. The third-order valence-corrected chi connectivity index (χ3v) is 5.40. The summed E-state index contributed by atoms with van der Waals surface area (Å²) in [5, 5.41) is 3.75. The Hall–Kier alpha value is -2.82. The number of carbonyl (C=O) groups is 1. The number of aryl methyl sites for hydroxylation is 2. The molecule has 0 bridgehead atoms. The molecule has 0 heterocycles. The van der Waals surface area contributed by atoms with Crippen molar-refractivity contribution < 1.29 is 9.53 Å². The molecule has 0 saturated carbocycles. The minimum absolute atomic E-state index is 0.166. The highest BCUT2D eigenvalue weighted by molar-refractivity contribution is 6.32. The minimum Gasteiger partial charge on any atom is -0.482 e. The third kappa shape index (κ3) is 5.62. The van der Waals surface area contributed by atoms with Gasteiger partial charge in [-0.3, -0.25) is 9.79 Å². The molecule has 3 aromatic rings. The number of benzene rings is 3. The molecule has 0 saturated heterocycles. The van der Waals surface area contributed by atoms with Crippen molar-refractivity contribution >= 4 is 46.7 Å². The molecule has 3 aromatic carbocycles. The van der Waals surface area contributed by atoms with Crippen molar-refractivity contribution in [3.8, 4) is 5.75 Å². The van der Waals surface area contributed by atoms with Gasteiger partial charge in [-0.15, -0.1) is 0 Å². The van der Waals surface area contributed by atoms with Gasteiger partial charge in [-0.1, -0.05) is 41.4 Å². The number of carbonyl (C=O) groups excluding carboxylic acids is 1. The molecule has 0 fully saturated rings. The van der Waals surface area contributed by atoms with E-state index < -0.39 is 0 Å². The molecule has 1 amide bonds. The Balaban J connectivity index is 1.61. The molecule has 0 radical (unpaired) electrons. The number of hydrogen-bond acceptors (Lipinski definition) is 3. The predicted molar refractivity (Wildman–Crippen MR) is 125 cm³/mol. The average molecular weight is 441 g/mol. The fraction of sp³-hybridized carbons (Fsp3) is 0.167. The van der Waals surface area contributed by atoms with Crippen LogP contribution in [0.1, 0.15) is 22.3 Å². The fourth-order valence-corrected chi connectivity index (χ4v) is 3.17. The van der Waals surface area contributed by atoms with Gasteiger partial charge in [-0.25, -0.2) is 0 Å². The lowest BCUT2D eigenvalue weighted by Gasteiger charge is -2.10. The lowest BCUT2D eigenvalue weighted by molar-refractivity contribution is -0.118. The molecule has 0 aliphatic heterocycles. The van der Waals surface area contributed by atoms with E-state index in [1.165, 1.54) is 5.56 Å². The van der Waals surface area contributed by atoms with E-state index >= 15 is 0 Å². The van der Waals surface area contributed by atoms with E-state index in [0.29, 0.717) is 21.5 Å². The maximum atomic E-state index is 12.1. The SMILES string of the molecule is Cc1ccc(NC(=O)COc2ccc(C=Nc3cccc(C)c3C)cc2Cl)cc1Cl. The van der Waals surface area contributed by atoms with Crippen LogP contribution in [0, 0.1) is 20.8 Å². The van der Waals surface area contributed by atoms with Crippen LogP contribution in [0.5, 0.6) is 5.75 Å². The molecule has 3 rings (SSSR count). The number of amides is 1. The van der Waals surface area contributed by atoms with Crippen LogP contribution in [0.3, 0.4) is 0 Å². The zero-order chi connectivity index (χ0) is 21.7. The summed E-state index contributed by atoms with van der Waals surface area (Å²) in [5.74, 6) is 0.129. The fourth-order valence-electron chi connectivity index (χ4n) is 2.74. The third-order valence-electron chi connectivity index (χ3n) is 4.70. The van der Waals surface area contributed by atoms with Gasteiger partial charge < -0.3 is 10.1 Å². The maximum absolute atomic E-state index is 12.1. The van der Waals surface area contributed by atoms with Gasteiger partial charge in [0.2, 0.25) is 0 Å². The van der Waals surface area contributed by atoms with E-state index in [0.717, 1.165) is 22.4 Å². The summed E-state index contributed by atoms with van der Waals surface area (Å²) in [6.45, 7) is 5.83. The number of rotatable bonds is 6. The summed E-state index contributed by atoms with van der Waals surface area (Å²) in [7, 11) is 0. The van der Waals surface area contributed by atoms with Crippen molar-refractivity contribution in [2.75, 3.05) is 11.9 Å². The van der Waals surface area contributed by atoms with Crippen LogP contribution >= 0.6 is 23.2 Å². The van der Waals surface area contributed by atoms with Crippen LogP contribution in [0.25, 0.3) is 0 Å². The zero-order valence-electron chi connectivity index (χ0n) is 17.0. The molecule has 0 unspecified atom stereocenters. The largest absolute Gasteiger partial charge is 0.482 e. The van der Waals surface area contributed by atoms with E-state index in [1.54, 1.807) is 30.5 Å². The molecule has 0 aromatic heterocycles. The maximum Gasteiger partial charge on any atom is 0.262 e. The molecule has 0 aliphatic carbocycles. The Morgan fingerprint density at radius 1 is 1.00 bits per heavy atom. The first kappa shape index (κ1) is 21.9. The molecule has 0 aliphatic rings. The first-order chi connectivity index (χ1) is 14.3. The van der Waals surface area contributed by atoms with Gasteiger partial charge in [0.05, 0.1) is 10.7 Å². The summed E-state index contributed by atoms with van der Waals surface area (Å²) in [5.41, 5.74) is 5.65. The van der Waals surface area contributed by atoms with Crippen molar-refractivity contribution in [1.82, 2.24) is 0 Å². The Kier molecular flexibility index (Phi) is 7.14. The van der Waals surface area contributed by atoms with Crippen molar-refractivity contribution in [1.29, 1.82) is 0 Å². The van der Waals surface area contributed by atoms with Crippen molar-refractivity contribution in [3.63, 3.8) is 0 Å². The molecular formula is C24H22Cl2N2O2. The first-order valence-electron chi connectivity index (χ1n) is 9.42. The summed E-state index contributed by atoms with van der Waals surface area (Å²) in [6, 6.07) is 16.7. The van der Waals surface area contributed by atoms with Gasteiger partial charge in [0.1, 0.15) is 5.75 Å². The number of aliphatic imine (C=N–C) groups is 1. The Morgan fingerprint density at radius 3 is 2.53 bits per heavy atom. The van der Waals surface area contributed by atoms with Crippen LogP contribution in [-0.2, 0) is 4.79 Å². The standard InChI is InChI=1S/C24H22Cl2N2O2/c1-15-5-4-6-22(17(15)3)27-13-18-8-10-23(21(26)11-18)30-14-24(29)28-19-9-7-16(2)20(25)12-19/h4-13H,14H2,1-3H3,(H,28,29). The number of halogens is 2. The molecular weight excluding hydrogens is 419 g/mol. The summed E-state index contributed by atoms with van der Waals surface area (Å²) in [6.07, 6.45) is 1.76. The zero-order valence-corrected chi connectivity index (χ0v) is 18.5. The van der Waals surface area contributed by atoms with Crippen molar-refractivity contribution in [2.45, 2.75) is 20.8 Å². The topological polar surface area (TPSA) is 50.7 Å². The van der Waals surface area contributed by atoms with E-state index in [2.05, 4.69) is 23.3 Å². The Bertz CT molecular complexity index is 1110. The van der Waals surface area contributed by atoms with Gasteiger partial charge in [0, 0.05) is 16.9 Å². The van der Waals surface area contributed by atoms with Crippen LogP contribution in [0.4, 0.5) is 11.4 Å². The number of ether oxygens (including phenoxy) is 1. The van der Waals surface area contributed by atoms with Gasteiger partial charge in [0.25, 0.3) is 5.91 Å². The highest BCUT2D eigenvalue weighted by Gasteiger charge is 2.08. The first-order valence-corrected chi connectivity index (χ1v) is 10.2. The molecule has 0 atom stereocenters. The van der Waals surface area contributed by atoms with E-state index in [1.807, 2.05) is 38.1 Å². The normalized spacial score (nSPS) is 11.0. The summed E-state index contributed by atoms with van der Waals surface area (Å²) >= 11 is 12.4. The summed E-state index contributed by atoms with van der Waals surface area (Å²) in [4.78, 5) is 16.7. The van der Waals surface area contributed by atoms with E-state index in [9.17, 15) is 4.79 Å². The monoisotopic (exact) mass is 440 g/mol. The highest BCUT2D eigenvalue weighted by Crippen LogP contribution is 2.26. The second-order valence-corrected chi connectivity index (χ2v) is 7.78. The second-order valence-electron chi connectivity index (χ2n) is 6.97. The van der Waals surface area contributed by atoms with Crippen LogP contribution in [0.15, 0.2) is 59.6 Å². The van der Waals surface area contributed by atoms with Gasteiger partial charge >= 0.3 is 0 Å². The van der Waals surface area contributed by atoms with Crippen LogP contribution in [0.2, 0.25) is 10.0 Å². The van der Waals surface area contributed by atoms with Gasteiger partial charge in [0.15, 0.2) is 6.61 Å². The quantitative estimate of drug-likeness (QED) is 0.434. The van der Waals surface area contributed by atoms with Crippen molar-refractivity contribution in [3.05, 3.63) is 86.9 Å². The Morgan fingerprint density at radius 2 is 1.80 bits per heavy atom. The number of nitrogens with zero attached hydrogens (tertiary/aromatic N) is 1. The smallest absolute Gasteiger partial charge is 0.262 e. The average Bonchev–Trinajstić information content (AvgIpc) is 2.71. The molecule has 1 N–H and O–H groups in total.